The molecular weight excluding hydrogens is 282 g/mol. The van der Waals surface area contributed by atoms with Gasteiger partial charge in [0.2, 0.25) is 5.91 Å². The van der Waals surface area contributed by atoms with E-state index in [1.165, 1.54) is 0 Å². The summed E-state index contributed by atoms with van der Waals surface area (Å²) in [5.74, 6) is 1.22. The second kappa shape index (κ2) is 6.25. The lowest BCUT2D eigenvalue weighted by molar-refractivity contribution is -0.123. The molecule has 1 N–H and O–H groups in total. The number of nitrogens with one attached hydrogen (secondary N) is 1. The molecule has 0 radical (unpaired) electrons. The highest BCUT2D eigenvalue weighted by atomic mass is 16.1. The van der Waals surface area contributed by atoms with E-state index in [4.69, 9.17) is 0 Å². The Balaban J connectivity index is 1.69. The summed E-state index contributed by atoms with van der Waals surface area (Å²) in [5.41, 5.74) is 0. The molecule has 0 saturated heterocycles. The fraction of sp³-hybridized carbons (Fsp3) is 0.643. The molecule has 0 unspecified atom stereocenters. The summed E-state index contributed by atoms with van der Waals surface area (Å²) in [5, 5.41) is 14.7. The summed E-state index contributed by atoms with van der Waals surface area (Å²) >= 11 is 0. The number of aromatic nitrogens is 6. The minimum atomic E-state index is -0.278. The zero-order chi connectivity index (χ0) is 15.5. The third kappa shape index (κ3) is 2.86. The monoisotopic (exact) mass is 303 g/mol. The van der Waals surface area contributed by atoms with E-state index < -0.39 is 0 Å². The molecule has 1 aliphatic heterocycles. The van der Waals surface area contributed by atoms with Crippen molar-refractivity contribution in [2.75, 3.05) is 0 Å². The highest BCUT2D eigenvalue weighted by Gasteiger charge is 2.28. The number of carbonyl (C=O) groups excluding carboxylic acids is 1. The Bertz CT molecular complexity index is 645. The van der Waals surface area contributed by atoms with Gasteiger partial charge in [-0.05, 0) is 37.1 Å². The molecule has 0 bridgehead atoms. The first kappa shape index (κ1) is 14.7. The zero-order valence-electron chi connectivity index (χ0n) is 12.9. The maximum Gasteiger partial charge on any atom is 0.231 e. The van der Waals surface area contributed by atoms with Gasteiger partial charge < -0.3 is 9.88 Å². The summed E-state index contributed by atoms with van der Waals surface area (Å²) in [7, 11) is 0. The van der Waals surface area contributed by atoms with Crippen LogP contribution in [0.2, 0.25) is 0 Å². The quantitative estimate of drug-likeness (QED) is 0.911. The van der Waals surface area contributed by atoms with Crippen molar-refractivity contribution in [1.29, 1.82) is 0 Å². The molecule has 3 heterocycles. The van der Waals surface area contributed by atoms with Crippen LogP contribution in [0.25, 0.3) is 0 Å². The van der Waals surface area contributed by atoms with E-state index in [0.29, 0.717) is 18.4 Å². The summed E-state index contributed by atoms with van der Waals surface area (Å²) in [6, 6.07) is 0.319. The number of hydrogen-bond donors (Lipinski definition) is 1. The van der Waals surface area contributed by atoms with Crippen molar-refractivity contribution in [3.63, 3.8) is 0 Å². The molecule has 0 spiro atoms. The van der Waals surface area contributed by atoms with Gasteiger partial charge in [0.25, 0.3) is 0 Å². The highest BCUT2D eigenvalue weighted by Crippen LogP contribution is 2.24. The zero-order valence-corrected chi connectivity index (χ0v) is 12.9. The minimum Gasteiger partial charge on any atom is -0.348 e. The Kier molecular flexibility index (Phi) is 4.17. The lowest BCUT2D eigenvalue weighted by Gasteiger charge is -2.15. The number of hydrogen-bond acceptors (Lipinski definition) is 5. The minimum absolute atomic E-state index is 0.0312. The summed E-state index contributed by atoms with van der Waals surface area (Å²) in [6.45, 7) is 5.38. The van der Waals surface area contributed by atoms with E-state index in [-0.39, 0.29) is 11.8 Å². The standard InChI is InChI=1S/C14H21N7O/c1-10(2)20-8-6-15-12(20)9-16-14(22)11-5-3-4-7-21-13(11)17-18-19-21/h6,8,10-11H,3-5,7,9H2,1-2H3,(H,16,22)/t11-/m1/s1. The van der Waals surface area contributed by atoms with E-state index in [1.807, 2.05) is 6.20 Å². The van der Waals surface area contributed by atoms with Gasteiger partial charge in [-0.3, -0.25) is 4.79 Å². The smallest absolute Gasteiger partial charge is 0.231 e. The van der Waals surface area contributed by atoms with E-state index in [9.17, 15) is 4.79 Å². The first-order chi connectivity index (χ1) is 10.7. The molecule has 1 amide bonds. The van der Waals surface area contributed by atoms with Crippen LogP contribution < -0.4 is 5.32 Å². The highest BCUT2D eigenvalue weighted by molar-refractivity contribution is 5.82. The Morgan fingerprint density at radius 1 is 1.45 bits per heavy atom. The number of tetrazole rings is 1. The van der Waals surface area contributed by atoms with Crippen LogP contribution in [0.4, 0.5) is 0 Å². The molecule has 2 aromatic rings. The van der Waals surface area contributed by atoms with Crippen LogP contribution >= 0.6 is 0 Å². The predicted molar refractivity (Wildman–Crippen MR) is 78.9 cm³/mol. The van der Waals surface area contributed by atoms with Gasteiger partial charge in [0.05, 0.1) is 12.5 Å². The molecule has 0 fully saturated rings. The third-order valence-electron chi connectivity index (χ3n) is 4.03. The van der Waals surface area contributed by atoms with Gasteiger partial charge in [0, 0.05) is 25.0 Å². The van der Waals surface area contributed by atoms with Crippen molar-refractivity contribution < 1.29 is 4.79 Å². The molecule has 2 aromatic heterocycles. The number of imidazole rings is 1. The molecular formula is C14H21N7O. The first-order valence-corrected chi connectivity index (χ1v) is 7.72. The number of amides is 1. The van der Waals surface area contributed by atoms with E-state index in [1.54, 1.807) is 10.9 Å². The van der Waals surface area contributed by atoms with Crippen LogP contribution in [0.5, 0.6) is 0 Å². The molecule has 0 saturated carbocycles. The maximum atomic E-state index is 12.5. The lowest BCUT2D eigenvalue weighted by atomic mass is 10.0. The van der Waals surface area contributed by atoms with Gasteiger partial charge in [-0.1, -0.05) is 6.42 Å². The average Bonchev–Trinajstić information content (AvgIpc) is 3.10. The number of aryl methyl sites for hydroxylation is 1. The second-order valence-electron chi connectivity index (χ2n) is 5.87. The molecule has 8 heteroatoms. The molecule has 118 valence electrons. The van der Waals surface area contributed by atoms with Gasteiger partial charge in [0.1, 0.15) is 5.82 Å². The normalized spacial score (nSPS) is 18.0. The van der Waals surface area contributed by atoms with E-state index >= 15 is 0 Å². The topological polar surface area (TPSA) is 90.5 Å². The van der Waals surface area contributed by atoms with Gasteiger partial charge in [-0.25, -0.2) is 9.67 Å². The maximum absolute atomic E-state index is 12.5. The van der Waals surface area contributed by atoms with Crippen molar-refractivity contribution in [2.24, 2.45) is 0 Å². The van der Waals surface area contributed by atoms with Crippen molar-refractivity contribution in [3.8, 4) is 0 Å². The molecule has 1 atom stereocenters. The molecule has 0 aliphatic carbocycles. The van der Waals surface area contributed by atoms with Crippen molar-refractivity contribution in [1.82, 2.24) is 35.1 Å². The van der Waals surface area contributed by atoms with Crippen LogP contribution in [0.1, 0.15) is 56.7 Å². The largest absolute Gasteiger partial charge is 0.348 e. The molecule has 3 rings (SSSR count). The summed E-state index contributed by atoms with van der Waals surface area (Å²) in [6.07, 6.45) is 6.46. The van der Waals surface area contributed by atoms with Gasteiger partial charge >= 0.3 is 0 Å². The summed E-state index contributed by atoms with van der Waals surface area (Å²) < 4.78 is 3.80. The molecule has 8 nitrogen and oxygen atoms in total. The molecule has 22 heavy (non-hydrogen) atoms. The number of fused-ring (bicyclic) bond motifs is 1. The number of nitrogens with zero attached hydrogens (tertiary/aromatic N) is 6. The Hall–Kier alpha value is -2.25. The molecule has 1 aliphatic rings. The van der Waals surface area contributed by atoms with Crippen LogP contribution in [0, 0.1) is 0 Å². The molecule has 0 aromatic carbocycles. The van der Waals surface area contributed by atoms with Crippen molar-refractivity contribution >= 4 is 5.91 Å². The van der Waals surface area contributed by atoms with E-state index in [2.05, 4.69) is 44.2 Å². The van der Waals surface area contributed by atoms with Crippen LogP contribution in [0.3, 0.4) is 0 Å². The van der Waals surface area contributed by atoms with Gasteiger partial charge in [-0.2, -0.15) is 0 Å². The van der Waals surface area contributed by atoms with Crippen molar-refractivity contribution in [3.05, 3.63) is 24.0 Å². The van der Waals surface area contributed by atoms with Crippen molar-refractivity contribution in [2.45, 2.75) is 58.2 Å². The third-order valence-corrected chi connectivity index (χ3v) is 4.03. The van der Waals surface area contributed by atoms with Gasteiger partial charge in [0.15, 0.2) is 5.82 Å². The number of carbonyl (C=O) groups is 1. The van der Waals surface area contributed by atoms with E-state index in [0.717, 1.165) is 31.6 Å². The Morgan fingerprint density at radius 3 is 3.14 bits per heavy atom. The fourth-order valence-corrected chi connectivity index (χ4v) is 2.85. The van der Waals surface area contributed by atoms with Gasteiger partial charge in [-0.15, -0.1) is 5.10 Å². The predicted octanol–water partition coefficient (Wildman–Crippen LogP) is 1.03. The van der Waals surface area contributed by atoms with Crippen LogP contribution in [-0.4, -0.2) is 35.7 Å². The first-order valence-electron chi connectivity index (χ1n) is 7.72. The number of rotatable bonds is 4. The van der Waals surface area contributed by atoms with Crippen LogP contribution in [-0.2, 0) is 17.9 Å². The SMILES string of the molecule is CC(C)n1ccnc1CNC(=O)[C@@H]1CCCCn2nnnc21. The fourth-order valence-electron chi connectivity index (χ4n) is 2.85. The van der Waals surface area contributed by atoms with Crippen LogP contribution in [0.15, 0.2) is 12.4 Å². The summed E-state index contributed by atoms with van der Waals surface area (Å²) in [4.78, 5) is 16.8. The lowest BCUT2D eigenvalue weighted by Crippen LogP contribution is -2.31. The Labute approximate surface area is 128 Å². The average molecular weight is 303 g/mol. The Morgan fingerprint density at radius 2 is 2.32 bits per heavy atom. The second-order valence-corrected chi connectivity index (χ2v) is 5.87.